The molecule has 0 saturated heterocycles. The van der Waals surface area contributed by atoms with Crippen LogP contribution in [-0.4, -0.2) is 7.11 Å². The van der Waals surface area contributed by atoms with Gasteiger partial charge in [-0.3, -0.25) is 0 Å². The number of ether oxygens (including phenoxy) is 2. The monoisotopic (exact) mass is 257 g/mol. The first-order valence-electron chi connectivity index (χ1n) is 5.66. The summed E-state index contributed by atoms with van der Waals surface area (Å²) < 4.78 is 24.0. The second-order valence-electron chi connectivity index (χ2n) is 3.99. The molecule has 0 spiro atoms. The molecule has 96 valence electrons. The van der Waals surface area contributed by atoms with Gasteiger partial charge in [0.15, 0.2) is 0 Å². The van der Waals surface area contributed by atoms with Crippen LogP contribution in [0.3, 0.4) is 0 Å². The normalized spacial score (nSPS) is 9.79. The topological polar surface area (TPSA) is 42.2 Å². The number of rotatable bonds is 3. The van der Waals surface area contributed by atoms with Gasteiger partial charge in [0.05, 0.1) is 12.7 Å². The molecule has 0 aliphatic heterocycles. The molecule has 0 bridgehead atoms. The Labute approximate surface area is 110 Å². The Bertz CT molecular complexity index is 647. The van der Waals surface area contributed by atoms with Crippen molar-refractivity contribution in [3.63, 3.8) is 0 Å². The van der Waals surface area contributed by atoms with Crippen molar-refractivity contribution in [1.82, 2.24) is 0 Å². The average Bonchev–Trinajstić information content (AvgIpc) is 2.43. The second-order valence-corrected chi connectivity index (χ2v) is 3.99. The number of nitrogens with zero attached hydrogens (tertiary/aromatic N) is 1. The summed E-state index contributed by atoms with van der Waals surface area (Å²) >= 11 is 0. The molecule has 4 heteroatoms. The quantitative estimate of drug-likeness (QED) is 0.839. The number of halogens is 1. The molecule has 0 aromatic heterocycles. The highest BCUT2D eigenvalue weighted by Gasteiger charge is 2.08. The minimum absolute atomic E-state index is 0.338. The number of aryl methyl sites for hydroxylation is 1. The summed E-state index contributed by atoms with van der Waals surface area (Å²) in [6.45, 7) is 1.67. The van der Waals surface area contributed by atoms with Crippen LogP contribution in [0.5, 0.6) is 17.2 Å². The predicted molar refractivity (Wildman–Crippen MR) is 68.9 cm³/mol. The molecule has 0 saturated carbocycles. The summed E-state index contributed by atoms with van der Waals surface area (Å²) in [6, 6.07) is 11.4. The Balaban J connectivity index is 2.36. The third-order valence-electron chi connectivity index (χ3n) is 2.68. The zero-order valence-corrected chi connectivity index (χ0v) is 10.6. The fraction of sp³-hybridized carbons (Fsp3) is 0.133. The highest BCUT2D eigenvalue weighted by Crippen LogP contribution is 2.29. The van der Waals surface area contributed by atoms with Crippen molar-refractivity contribution in [2.24, 2.45) is 0 Å². The maximum absolute atomic E-state index is 13.4. The zero-order valence-electron chi connectivity index (χ0n) is 10.6. The molecule has 0 aliphatic carbocycles. The lowest BCUT2D eigenvalue weighted by molar-refractivity contribution is 0.408. The highest BCUT2D eigenvalue weighted by atomic mass is 19.1. The van der Waals surface area contributed by atoms with Gasteiger partial charge in [0.2, 0.25) is 0 Å². The maximum Gasteiger partial charge on any atom is 0.148 e. The van der Waals surface area contributed by atoms with E-state index >= 15 is 0 Å². The standard InChI is InChI=1S/C15H12FNO2/c1-10-3-5-13(7-14(10)16)19-15-8-12(18-2)6-4-11(15)9-17/h3-8H,1-2H3. The van der Waals surface area contributed by atoms with Crippen molar-refractivity contribution in [3.8, 4) is 23.3 Å². The van der Waals surface area contributed by atoms with E-state index in [4.69, 9.17) is 14.7 Å². The van der Waals surface area contributed by atoms with Gasteiger partial charge in [0.1, 0.15) is 29.1 Å². The first-order valence-corrected chi connectivity index (χ1v) is 5.66. The summed E-state index contributed by atoms with van der Waals surface area (Å²) in [5.41, 5.74) is 0.903. The van der Waals surface area contributed by atoms with Crippen LogP contribution in [0, 0.1) is 24.1 Å². The van der Waals surface area contributed by atoms with E-state index in [9.17, 15) is 4.39 Å². The molecule has 0 fully saturated rings. The molecular formula is C15H12FNO2. The zero-order chi connectivity index (χ0) is 13.8. The van der Waals surface area contributed by atoms with Crippen LogP contribution < -0.4 is 9.47 Å². The van der Waals surface area contributed by atoms with Crippen molar-refractivity contribution < 1.29 is 13.9 Å². The highest BCUT2D eigenvalue weighted by molar-refractivity contribution is 5.49. The van der Waals surface area contributed by atoms with Gasteiger partial charge in [0.25, 0.3) is 0 Å². The van der Waals surface area contributed by atoms with Crippen LogP contribution in [0.2, 0.25) is 0 Å². The summed E-state index contributed by atoms with van der Waals surface area (Å²) in [4.78, 5) is 0. The molecule has 2 aromatic rings. The van der Waals surface area contributed by atoms with Crippen LogP contribution in [0.15, 0.2) is 36.4 Å². The molecule has 2 aromatic carbocycles. The first-order chi connectivity index (χ1) is 9.13. The lowest BCUT2D eigenvalue weighted by Gasteiger charge is -2.09. The SMILES string of the molecule is COc1ccc(C#N)c(Oc2ccc(C)c(F)c2)c1. The fourth-order valence-corrected chi connectivity index (χ4v) is 1.57. The van der Waals surface area contributed by atoms with Crippen molar-refractivity contribution in [2.45, 2.75) is 6.92 Å². The minimum Gasteiger partial charge on any atom is -0.497 e. The van der Waals surface area contributed by atoms with Crippen molar-refractivity contribution in [1.29, 1.82) is 5.26 Å². The van der Waals surface area contributed by atoms with Gasteiger partial charge in [-0.2, -0.15) is 5.26 Å². The number of benzene rings is 2. The van der Waals surface area contributed by atoms with E-state index in [1.807, 2.05) is 6.07 Å². The van der Waals surface area contributed by atoms with Gasteiger partial charge in [-0.25, -0.2) is 4.39 Å². The Morgan fingerprint density at radius 3 is 2.47 bits per heavy atom. The van der Waals surface area contributed by atoms with Gasteiger partial charge in [0, 0.05) is 12.1 Å². The summed E-state index contributed by atoms with van der Waals surface area (Å²) in [6.07, 6.45) is 0. The number of nitriles is 1. The number of hydrogen-bond acceptors (Lipinski definition) is 3. The number of methoxy groups -OCH3 is 1. The van der Waals surface area contributed by atoms with Crippen LogP contribution in [0.25, 0.3) is 0 Å². The van der Waals surface area contributed by atoms with Gasteiger partial charge in [-0.15, -0.1) is 0 Å². The lowest BCUT2D eigenvalue weighted by Crippen LogP contribution is -1.92. The summed E-state index contributed by atoms with van der Waals surface area (Å²) in [5, 5.41) is 9.01. The molecule has 3 nitrogen and oxygen atoms in total. The van der Waals surface area contributed by atoms with Crippen LogP contribution in [-0.2, 0) is 0 Å². The largest absolute Gasteiger partial charge is 0.497 e. The summed E-state index contributed by atoms with van der Waals surface area (Å²) in [7, 11) is 1.52. The molecule has 0 N–H and O–H groups in total. The molecule has 19 heavy (non-hydrogen) atoms. The van der Waals surface area contributed by atoms with Gasteiger partial charge in [-0.1, -0.05) is 6.07 Å². The first kappa shape index (κ1) is 12.9. The molecule has 2 rings (SSSR count). The van der Waals surface area contributed by atoms with E-state index < -0.39 is 0 Å². The lowest BCUT2D eigenvalue weighted by atomic mass is 10.2. The van der Waals surface area contributed by atoms with E-state index in [0.717, 1.165) is 0 Å². The molecule has 0 aliphatic rings. The third kappa shape index (κ3) is 2.83. The van der Waals surface area contributed by atoms with Crippen molar-refractivity contribution in [2.75, 3.05) is 7.11 Å². The second kappa shape index (κ2) is 5.40. The van der Waals surface area contributed by atoms with E-state index in [1.54, 1.807) is 37.3 Å². The molecule has 0 atom stereocenters. The molecule has 0 amide bonds. The smallest absolute Gasteiger partial charge is 0.148 e. The Morgan fingerprint density at radius 2 is 1.84 bits per heavy atom. The van der Waals surface area contributed by atoms with Crippen LogP contribution in [0.1, 0.15) is 11.1 Å². The van der Waals surface area contributed by atoms with E-state index in [2.05, 4.69) is 0 Å². The van der Waals surface area contributed by atoms with Gasteiger partial charge >= 0.3 is 0 Å². The van der Waals surface area contributed by atoms with Gasteiger partial charge in [-0.05, 0) is 30.7 Å². The van der Waals surface area contributed by atoms with Crippen LogP contribution >= 0.6 is 0 Å². The molecule has 0 radical (unpaired) electrons. The molecule has 0 heterocycles. The third-order valence-corrected chi connectivity index (χ3v) is 2.68. The maximum atomic E-state index is 13.4. The fourth-order valence-electron chi connectivity index (χ4n) is 1.57. The average molecular weight is 257 g/mol. The van der Waals surface area contributed by atoms with E-state index in [0.29, 0.717) is 28.4 Å². The van der Waals surface area contributed by atoms with E-state index in [1.165, 1.54) is 13.2 Å². The Kier molecular flexibility index (Phi) is 3.67. The van der Waals surface area contributed by atoms with Crippen molar-refractivity contribution >= 4 is 0 Å². The van der Waals surface area contributed by atoms with E-state index in [-0.39, 0.29) is 5.82 Å². The predicted octanol–water partition coefficient (Wildman–Crippen LogP) is 3.81. The Hall–Kier alpha value is -2.54. The minimum atomic E-state index is -0.348. The van der Waals surface area contributed by atoms with Crippen LogP contribution in [0.4, 0.5) is 4.39 Å². The summed E-state index contributed by atoms with van der Waals surface area (Å²) in [5.74, 6) is 0.901. The molecular weight excluding hydrogens is 245 g/mol. The molecule has 0 unspecified atom stereocenters. The number of hydrogen-bond donors (Lipinski definition) is 0. The van der Waals surface area contributed by atoms with Crippen molar-refractivity contribution in [3.05, 3.63) is 53.3 Å². The van der Waals surface area contributed by atoms with Gasteiger partial charge < -0.3 is 9.47 Å². The Morgan fingerprint density at radius 1 is 1.11 bits per heavy atom.